The number of carbonyl (C=O) groups is 1. The minimum atomic E-state index is -0.804. The fourth-order valence-electron chi connectivity index (χ4n) is 3.27. The van der Waals surface area contributed by atoms with Gasteiger partial charge in [-0.2, -0.15) is 0 Å². The van der Waals surface area contributed by atoms with E-state index in [1.807, 2.05) is 42.5 Å². The number of hydrogen-bond donors (Lipinski definition) is 2. The number of nitrogens with zero attached hydrogens (tertiary/aromatic N) is 1. The lowest BCUT2D eigenvalue weighted by Gasteiger charge is -2.12. The van der Waals surface area contributed by atoms with Crippen LogP contribution in [0.3, 0.4) is 0 Å². The van der Waals surface area contributed by atoms with Crippen molar-refractivity contribution in [3.05, 3.63) is 123 Å². The van der Waals surface area contributed by atoms with Gasteiger partial charge in [0.15, 0.2) is 0 Å². The number of carbonyl (C=O) groups excluding carboxylic acids is 1. The van der Waals surface area contributed by atoms with E-state index in [2.05, 4.69) is 10.3 Å². The molecule has 31 heavy (non-hydrogen) atoms. The minimum absolute atomic E-state index is 0.169. The van der Waals surface area contributed by atoms with Crippen LogP contribution in [0.4, 0.5) is 10.1 Å². The molecular formula is C24H18FN3O3. The van der Waals surface area contributed by atoms with E-state index in [9.17, 15) is 18.8 Å². The molecule has 0 aliphatic rings. The molecule has 154 valence electrons. The van der Waals surface area contributed by atoms with Gasteiger partial charge in [-0.3, -0.25) is 14.2 Å². The molecule has 4 rings (SSSR count). The van der Waals surface area contributed by atoms with Gasteiger partial charge in [0, 0.05) is 23.0 Å². The van der Waals surface area contributed by atoms with Crippen molar-refractivity contribution in [1.29, 1.82) is 0 Å². The topological polar surface area (TPSA) is 84.0 Å². The van der Waals surface area contributed by atoms with E-state index in [0.717, 1.165) is 21.9 Å². The summed E-state index contributed by atoms with van der Waals surface area (Å²) >= 11 is 0. The Morgan fingerprint density at radius 2 is 1.58 bits per heavy atom. The number of anilines is 1. The van der Waals surface area contributed by atoms with Crippen molar-refractivity contribution in [3.63, 3.8) is 0 Å². The van der Waals surface area contributed by atoms with Crippen LogP contribution in [-0.2, 0) is 6.54 Å². The molecule has 2 N–H and O–H groups in total. The highest BCUT2D eigenvalue weighted by molar-refractivity contribution is 6.05. The fourth-order valence-corrected chi connectivity index (χ4v) is 3.27. The largest absolute Gasteiger partial charge is 0.328 e. The predicted molar refractivity (Wildman–Crippen MR) is 117 cm³/mol. The van der Waals surface area contributed by atoms with Crippen LogP contribution in [-0.4, -0.2) is 15.5 Å². The summed E-state index contributed by atoms with van der Waals surface area (Å²) in [5.41, 5.74) is 0.589. The van der Waals surface area contributed by atoms with E-state index >= 15 is 0 Å². The molecule has 0 saturated carbocycles. The Morgan fingerprint density at radius 3 is 2.35 bits per heavy atom. The number of rotatable bonds is 5. The summed E-state index contributed by atoms with van der Waals surface area (Å²) in [6.45, 7) is -0.289. The third kappa shape index (κ3) is 4.20. The number of benzene rings is 3. The number of aromatic amines is 1. The Balaban J connectivity index is 1.68. The van der Waals surface area contributed by atoms with Crippen LogP contribution in [0.2, 0.25) is 0 Å². The van der Waals surface area contributed by atoms with Crippen molar-refractivity contribution in [1.82, 2.24) is 9.55 Å². The predicted octanol–water partition coefficient (Wildman–Crippen LogP) is 3.64. The average molecular weight is 415 g/mol. The van der Waals surface area contributed by atoms with Crippen LogP contribution in [0, 0.1) is 5.82 Å². The number of hydrogen-bond acceptors (Lipinski definition) is 3. The van der Waals surface area contributed by atoms with Gasteiger partial charge in [-0.25, -0.2) is 9.18 Å². The van der Waals surface area contributed by atoms with E-state index in [1.165, 1.54) is 18.2 Å². The molecule has 3 aromatic carbocycles. The van der Waals surface area contributed by atoms with Gasteiger partial charge in [0.25, 0.3) is 11.5 Å². The van der Waals surface area contributed by atoms with Crippen molar-refractivity contribution in [2.24, 2.45) is 0 Å². The molecule has 0 radical (unpaired) electrons. The molecule has 0 aliphatic heterocycles. The van der Waals surface area contributed by atoms with E-state index in [1.54, 1.807) is 18.2 Å². The van der Waals surface area contributed by atoms with Gasteiger partial charge in [-0.15, -0.1) is 0 Å². The standard InChI is InChI=1S/C24H18FN3O3/c25-20-12-6-4-10-17(20)15-28-23(30)19(14-26-24(28)31)22(29)27-21-13-7-5-11-18(21)16-8-2-1-3-9-16/h1-14H,15H2,(H,26,31)(H,27,29). The second-order valence-electron chi connectivity index (χ2n) is 6.86. The van der Waals surface area contributed by atoms with Crippen molar-refractivity contribution in [3.8, 4) is 11.1 Å². The smallest absolute Gasteiger partial charge is 0.321 e. The van der Waals surface area contributed by atoms with Crippen LogP contribution in [0.15, 0.2) is 94.6 Å². The van der Waals surface area contributed by atoms with Gasteiger partial charge in [0.1, 0.15) is 11.4 Å². The molecule has 0 atom stereocenters. The molecule has 0 saturated heterocycles. The molecule has 4 aromatic rings. The van der Waals surface area contributed by atoms with Gasteiger partial charge in [0.05, 0.1) is 6.54 Å². The zero-order chi connectivity index (χ0) is 21.8. The molecule has 1 heterocycles. The molecule has 0 bridgehead atoms. The second-order valence-corrected chi connectivity index (χ2v) is 6.86. The van der Waals surface area contributed by atoms with E-state index in [-0.39, 0.29) is 17.7 Å². The van der Waals surface area contributed by atoms with Gasteiger partial charge >= 0.3 is 5.69 Å². The molecule has 1 aromatic heterocycles. The maximum atomic E-state index is 14.0. The molecule has 0 unspecified atom stereocenters. The van der Waals surface area contributed by atoms with Crippen LogP contribution < -0.4 is 16.6 Å². The second kappa shape index (κ2) is 8.62. The quantitative estimate of drug-likeness (QED) is 0.522. The van der Waals surface area contributed by atoms with Crippen molar-refractivity contribution in [2.75, 3.05) is 5.32 Å². The summed E-state index contributed by atoms with van der Waals surface area (Å²) in [5.74, 6) is -1.22. The number of para-hydroxylation sites is 1. The van der Waals surface area contributed by atoms with Crippen LogP contribution in [0.5, 0.6) is 0 Å². The Labute approximate surface area is 176 Å². The first-order valence-electron chi connectivity index (χ1n) is 9.56. The number of nitrogens with one attached hydrogen (secondary N) is 2. The highest BCUT2D eigenvalue weighted by Crippen LogP contribution is 2.27. The molecule has 7 heteroatoms. The molecular weight excluding hydrogens is 397 g/mol. The van der Waals surface area contributed by atoms with Crippen molar-refractivity contribution in [2.45, 2.75) is 6.54 Å². The Morgan fingerprint density at radius 1 is 0.903 bits per heavy atom. The molecule has 0 aliphatic carbocycles. The fraction of sp³-hybridized carbons (Fsp3) is 0.0417. The first-order chi connectivity index (χ1) is 15.0. The zero-order valence-electron chi connectivity index (χ0n) is 16.3. The molecule has 1 amide bonds. The highest BCUT2D eigenvalue weighted by Gasteiger charge is 2.17. The molecule has 0 fully saturated rings. The first-order valence-corrected chi connectivity index (χ1v) is 9.56. The number of H-pyrrole nitrogens is 1. The summed E-state index contributed by atoms with van der Waals surface area (Å²) in [7, 11) is 0. The summed E-state index contributed by atoms with van der Waals surface area (Å²) in [6.07, 6.45) is 1.07. The highest BCUT2D eigenvalue weighted by atomic mass is 19.1. The number of amides is 1. The maximum Gasteiger partial charge on any atom is 0.328 e. The van der Waals surface area contributed by atoms with E-state index < -0.39 is 23.0 Å². The third-order valence-corrected chi connectivity index (χ3v) is 4.85. The number of aromatic nitrogens is 2. The van der Waals surface area contributed by atoms with Gasteiger partial charge in [0.2, 0.25) is 0 Å². The summed E-state index contributed by atoms with van der Waals surface area (Å²) < 4.78 is 14.8. The Bertz CT molecular complexity index is 1360. The number of halogens is 1. The van der Waals surface area contributed by atoms with Crippen LogP contribution >= 0.6 is 0 Å². The normalized spacial score (nSPS) is 10.6. The lowest BCUT2D eigenvalue weighted by molar-refractivity contribution is 0.102. The molecule has 0 spiro atoms. The Hall–Kier alpha value is -4.26. The van der Waals surface area contributed by atoms with E-state index in [0.29, 0.717) is 5.69 Å². The lowest BCUT2D eigenvalue weighted by Crippen LogP contribution is -2.39. The maximum absolute atomic E-state index is 14.0. The van der Waals surface area contributed by atoms with Crippen LogP contribution in [0.25, 0.3) is 11.1 Å². The van der Waals surface area contributed by atoms with Gasteiger partial charge < -0.3 is 10.3 Å². The molecule has 6 nitrogen and oxygen atoms in total. The summed E-state index contributed by atoms with van der Waals surface area (Å²) in [6, 6.07) is 22.5. The van der Waals surface area contributed by atoms with Crippen LogP contribution in [0.1, 0.15) is 15.9 Å². The van der Waals surface area contributed by atoms with Crippen molar-refractivity contribution < 1.29 is 9.18 Å². The average Bonchev–Trinajstić information content (AvgIpc) is 2.78. The minimum Gasteiger partial charge on any atom is -0.321 e. The van der Waals surface area contributed by atoms with E-state index in [4.69, 9.17) is 0 Å². The first kappa shape index (κ1) is 20.0. The summed E-state index contributed by atoms with van der Waals surface area (Å²) in [4.78, 5) is 40.3. The SMILES string of the molecule is O=C(Nc1ccccc1-c1ccccc1)c1c[nH]c(=O)n(Cc2ccccc2F)c1=O. The summed E-state index contributed by atoms with van der Waals surface area (Å²) in [5, 5.41) is 2.74. The van der Waals surface area contributed by atoms with Gasteiger partial charge in [-0.05, 0) is 17.7 Å². The lowest BCUT2D eigenvalue weighted by atomic mass is 10.0. The monoisotopic (exact) mass is 415 g/mol. The Kier molecular flexibility index (Phi) is 5.57. The van der Waals surface area contributed by atoms with Gasteiger partial charge in [-0.1, -0.05) is 66.7 Å². The van der Waals surface area contributed by atoms with Crippen molar-refractivity contribution >= 4 is 11.6 Å². The zero-order valence-corrected chi connectivity index (χ0v) is 16.3. The third-order valence-electron chi connectivity index (χ3n) is 4.85.